The van der Waals surface area contributed by atoms with E-state index in [1.165, 1.54) is 89.4 Å². The summed E-state index contributed by atoms with van der Waals surface area (Å²) < 4.78 is 27.5. The van der Waals surface area contributed by atoms with Gasteiger partial charge in [-0.1, -0.05) is 50.7 Å². The minimum Gasteiger partial charge on any atom is -0.347 e. The third-order valence-electron chi connectivity index (χ3n) is 16.4. The number of aromatic nitrogens is 2. The first kappa shape index (κ1) is 61.2. The van der Waals surface area contributed by atoms with E-state index >= 15 is 0 Å². The summed E-state index contributed by atoms with van der Waals surface area (Å²) in [5.74, 6) is -4.12. The number of likely N-dealkylation sites (N-methyl/N-ethyl adjacent to an activating group) is 2. The number of amides is 6. The minimum atomic E-state index is -0.845. The van der Waals surface area contributed by atoms with Crippen LogP contribution in [0.2, 0.25) is 0 Å². The van der Waals surface area contributed by atoms with E-state index in [9.17, 15) is 47.1 Å². The second kappa shape index (κ2) is 28.4. The van der Waals surface area contributed by atoms with Crippen LogP contribution in [0.4, 0.5) is 8.78 Å². The first-order valence-corrected chi connectivity index (χ1v) is 30.2. The largest absolute Gasteiger partial charge is 0.347 e. The van der Waals surface area contributed by atoms with E-state index in [0.29, 0.717) is 10.0 Å². The Hall–Kier alpha value is -6.88. The minimum absolute atomic E-state index is 0.0794. The number of rotatable bonds is 22. The summed E-state index contributed by atoms with van der Waals surface area (Å²) in [6.07, 6.45) is 13.1. The van der Waals surface area contributed by atoms with Crippen LogP contribution in [0.5, 0.6) is 0 Å². The van der Waals surface area contributed by atoms with E-state index in [4.69, 9.17) is 4.98 Å². The van der Waals surface area contributed by atoms with Gasteiger partial charge in [0.2, 0.25) is 29.4 Å². The van der Waals surface area contributed by atoms with Crippen molar-refractivity contribution in [3.63, 3.8) is 0 Å². The molecule has 0 radical (unpaired) electrons. The Balaban J connectivity index is 0.987. The lowest BCUT2D eigenvalue weighted by atomic mass is 9.83. The Bertz CT molecular complexity index is 3010. The highest BCUT2D eigenvalue weighted by Crippen LogP contribution is 2.39. The van der Waals surface area contributed by atoms with Crippen LogP contribution in [0.3, 0.4) is 0 Å². The molecule has 0 unspecified atom stereocenters. The highest BCUT2D eigenvalue weighted by molar-refractivity contribution is 7.10. The normalized spacial score (nSPS) is 21.4. The van der Waals surface area contributed by atoms with Crippen LogP contribution in [-0.2, 0) is 19.2 Å². The molecule has 2 aromatic carbocycles. The molecule has 4 fully saturated rings. The number of nitrogens with zero attached hydrogens (tertiary/aromatic N) is 4. The number of hydrogen-bond donors (Lipinski definition) is 6. The zero-order chi connectivity index (χ0) is 58.6. The average molecular weight is 1170 g/mol. The molecule has 4 aliphatic rings. The predicted octanol–water partition coefficient (Wildman–Crippen LogP) is 7.46. The zero-order valence-corrected chi connectivity index (χ0v) is 48.6. The summed E-state index contributed by atoms with van der Waals surface area (Å²) in [5.41, 5.74) is 1.03. The molecule has 18 nitrogen and oxygen atoms in total. The van der Waals surface area contributed by atoms with Crippen molar-refractivity contribution in [3.8, 4) is 0 Å². The number of thiazole rings is 2. The predicted molar refractivity (Wildman–Crippen MR) is 308 cm³/mol. The van der Waals surface area contributed by atoms with E-state index in [2.05, 4.69) is 36.9 Å². The molecule has 0 bridgehead atoms. The van der Waals surface area contributed by atoms with Gasteiger partial charge in [-0.2, -0.15) is 0 Å². The molecule has 2 aliphatic heterocycles. The first-order chi connectivity index (χ1) is 39.5. The third kappa shape index (κ3) is 15.0. The summed E-state index contributed by atoms with van der Waals surface area (Å²) in [7, 11) is 3.34. The number of ketones is 2. The molecule has 2 aromatic heterocycles. The first-order valence-electron chi connectivity index (χ1n) is 28.5. The highest BCUT2D eigenvalue weighted by Gasteiger charge is 2.46. The standard InChI is InChI=1S/C60H74F2N10O8S2/c1-6-41(61)18-13-19-49(73)45-32-81-57(67-45)47-28-43(30-71(47)59(79)50(36-14-9-7-10-15-36)69-53(75)34(2)63-4)65-55(77)39-20-22-40(23-21-39)56(78)66-44-29-48(58-68-46(33-82-58)52(74)38-24-26-42(62)27-25-38)72(31-44)60(80)51(37-16-11-8-12-17-37)70-54(76)35(3)64-5/h6,13,18,20-27,32-37,43-44,47-48,50-51,63-64H,7-12,14-17,19,28-31H2,1-5H3,(H,65,77)(H,66,78)(H,69,75)(H,70,76)/b18-13-,41-6+/t34-,35-,43-,44-,47-,48-,50-,51-/m0/s1. The molecule has 6 amide bonds. The van der Waals surface area contributed by atoms with Crippen molar-refractivity contribution in [1.82, 2.24) is 51.7 Å². The Morgan fingerprint density at radius 1 is 0.634 bits per heavy atom. The van der Waals surface area contributed by atoms with Crippen LogP contribution < -0.4 is 31.9 Å². The van der Waals surface area contributed by atoms with Crippen molar-refractivity contribution in [2.24, 2.45) is 11.8 Å². The second-order valence-electron chi connectivity index (χ2n) is 21.9. The van der Waals surface area contributed by atoms with Gasteiger partial charge in [0.1, 0.15) is 45.1 Å². The summed E-state index contributed by atoms with van der Waals surface area (Å²) in [5, 5.41) is 22.3. The highest BCUT2D eigenvalue weighted by atomic mass is 32.1. The van der Waals surface area contributed by atoms with Gasteiger partial charge in [-0.25, -0.2) is 18.7 Å². The van der Waals surface area contributed by atoms with Gasteiger partial charge in [-0.3, -0.25) is 38.4 Å². The van der Waals surface area contributed by atoms with Crippen LogP contribution in [-0.4, -0.2) is 130 Å². The van der Waals surface area contributed by atoms with Crippen LogP contribution in [0, 0.1) is 17.7 Å². The molecule has 0 spiro atoms. The van der Waals surface area contributed by atoms with Crippen molar-refractivity contribution >= 4 is 69.7 Å². The number of hydrogen-bond acceptors (Lipinski definition) is 14. The van der Waals surface area contributed by atoms with Crippen LogP contribution in [0.25, 0.3) is 0 Å². The topological polar surface area (TPSA) is 241 Å². The van der Waals surface area contributed by atoms with Gasteiger partial charge < -0.3 is 41.7 Å². The van der Waals surface area contributed by atoms with E-state index in [0.717, 1.165) is 64.2 Å². The molecule has 438 valence electrons. The van der Waals surface area contributed by atoms with Crippen LogP contribution in [0.1, 0.15) is 174 Å². The van der Waals surface area contributed by atoms with Gasteiger partial charge in [0.25, 0.3) is 11.8 Å². The fraction of sp³-hybridized carbons (Fsp3) is 0.500. The summed E-state index contributed by atoms with van der Waals surface area (Å²) in [4.78, 5) is 124. The van der Waals surface area contributed by atoms with Crippen molar-refractivity contribution in [2.45, 2.75) is 153 Å². The van der Waals surface area contributed by atoms with Gasteiger partial charge in [-0.15, -0.1) is 22.7 Å². The molecule has 82 heavy (non-hydrogen) atoms. The molecule has 22 heteroatoms. The van der Waals surface area contributed by atoms with E-state index in [1.54, 1.807) is 55.4 Å². The zero-order valence-electron chi connectivity index (χ0n) is 47.0. The third-order valence-corrected chi connectivity index (χ3v) is 18.3. The maximum Gasteiger partial charge on any atom is 0.251 e. The summed E-state index contributed by atoms with van der Waals surface area (Å²) in [6, 6.07) is 5.97. The maximum absolute atomic E-state index is 14.9. The lowest BCUT2D eigenvalue weighted by molar-refractivity contribution is -0.139. The van der Waals surface area contributed by atoms with Crippen molar-refractivity contribution in [3.05, 3.63) is 127 Å². The lowest BCUT2D eigenvalue weighted by Crippen LogP contribution is -2.56. The molecule has 8 atom stereocenters. The van der Waals surface area contributed by atoms with Crippen molar-refractivity contribution in [2.75, 3.05) is 27.2 Å². The van der Waals surface area contributed by atoms with E-state index in [-0.39, 0.29) is 102 Å². The SMILES string of the molecule is C/C=C(F)\C=C/CC(=O)c1csc([C@@H]2C[C@H](NC(=O)c3ccc(C(=O)N[C@H]4C[C@@H](c5nc(C(=O)c6ccc(F)cc6)cs5)N(C(=O)[C@@H](NC(=O)[C@H](C)NC)C5CCCCC5)C4)cc3)CN2C(=O)[C@@H](NC(=O)[C@H](C)NC)C2CCCCC2)n1. The van der Waals surface area contributed by atoms with E-state index < -0.39 is 77.6 Å². The van der Waals surface area contributed by atoms with Gasteiger partial charge >= 0.3 is 0 Å². The fourth-order valence-corrected chi connectivity index (χ4v) is 13.2. The number of nitrogens with one attached hydrogen (secondary N) is 6. The number of halogens is 2. The quantitative estimate of drug-likeness (QED) is 0.0332. The summed E-state index contributed by atoms with van der Waals surface area (Å²) in [6.45, 7) is 5.15. The molecule has 4 aromatic rings. The number of likely N-dealkylation sites (tertiary alicyclic amines) is 2. The maximum atomic E-state index is 14.9. The van der Waals surface area contributed by atoms with Gasteiger partial charge in [0.15, 0.2) is 5.78 Å². The van der Waals surface area contributed by atoms with Crippen molar-refractivity contribution in [1.29, 1.82) is 0 Å². The number of Topliss-reactive ketones (excluding diaryl/α,β-unsaturated/α-hetero) is 1. The number of carbonyl (C=O) groups excluding carboxylic acids is 8. The van der Waals surface area contributed by atoms with Crippen LogP contribution >= 0.6 is 22.7 Å². The smallest absolute Gasteiger partial charge is 0.251 e. The fourth-order valence-electron chi connectivity index (χ4n) is 11.4. The molecular weight excluding hydrogens is 1090 g/mol. The van der Waals surface area contributed by atoms with E-state index in [1.807, 2.05) is 0 Å². The molecule has 6 N–H and O–H groups in total. The Morgan fingerprint density at radius 3 is 1.50 bits per heavy atom. The molecule has 4 heterocycles. The average Bonchev–Trinajstić information content (AvgIpc) is 4.52. The number of allylic oxidation sites excluding steroid dienone is 4. The molecular formula is C60H74F2N10O8S2. The van der Waals surface area contributed by atoms with Gasteiger partial charge in [0, 0.05) is 59.0 Å². The Kier molecular flexibility index (Phi) is 21.2. The number of carbonyl (C=O) groups is 8. The monoisotopic (exact) mass is 1160 g/mol. The van der Waals surface area contributed by atoms with Gasteiger partial charge in [0.05, 0.1) is 24.2 Å². The molecule has 8 rings (SSSR count). The number of benzene rings is 2. The Morgan fingerprint density at radius 2 is 1.06 bits per heavy atom. The lowest BCUT2D eigenvalue weighted by Gasteiger charge is -2.35. The Labute approximate surface area is 485 Å². The summed E-state index contributed by atoms with van der Waals surface area (Å²) >= 11 is 2.41. The molecule has 2 saturated heterocycles. The molecule has 2 aliphatic carbocycles. The van der Waals surface area contributed by atoms with Crippen LogP contribution in [0.15, 0.2) is 83.3 Å². The molecule has 2 saturated carbocycles. The van der Waals surface area contributed by atoms with Crippen molar-refractivity contribution < 1.29 is 47.1 Å². The van der Waals surface area contributed by atoms with Gasteiger partial charge in [-0.05, 0) is 140 Å². The second-order valence-corrected chi connectivity index (χ2v) is 23.7.